The highest BCUT2D eigenvalue weighted by Crippen LogP contribution is 2.41. The first-order chi connectivity index (χ1) is 15.5. The second kappa shape index (κ2) is 8.81. The molecule has 3 fully saturated rings. The highest BCUT2D eigenvalue weighted by atomic mass is 16.3. The molecule has 32 heavy (non-hydrogen) atoms. The highest BCUT2D eigenvalue weighted by Gasteiger charge is 2.36. The lowest BCUT2D eigenvalue weighted by Crippen LogP contribution is -2.56. The number of nitrogens with one attached hydrogen (secondary N) is 1. The van der Waals surface area contributed by atoms with Crippen LogP contribution in [0, 0.1) is 0 Å². The molecule has 0 radical (unpaired) electrons. The molecule has 1 atom stereocenters. The number of hydrogen-bond donors (Lipinski definition) is 2. The van der Waals surface area contributed by atoms with Gasteiger partial charge in [-0.2, -0.15) is 0 Å². The van der Waals surface area contributed by atoms with E-state index in [0.717, 1.165) is 74.6 Å². The molecule has 170 valence electrons. The molecule has 1 aromatic heterocycles. The molecule has 2 N–H and O–H groups in total. The van der Waals surface area contributed by atoms with E-state index >= 15 is 0 Å². The van der Waals surface area contributed by atoms with E-state index in [1.54, 1.807) is 0 Å². The highest BCUT2D eigenvalue weighted by molar-refractivity contribution is 5.98. The van der Waals surface area contributed by atoms with Gasteiger partial charge in [-0.3, -0.25) is 4.79 Å². The quantitative estimate of drug-likeness (QED) is 0.746. The third-order valence-corrected chi connectivity index (χ3v) is 7.28. The van der Waals surface area contributed by atoms with Crippen molar-refractivity contribution in [3.05, 3.63) is 53.7 Å². The minimum atomic E-state index is -0.672. The van der Waals surface area contributed by atoms with E-state index in [1.165, 1.54) is 0 Å². The maximum absolute atomic E-state index is 13.4. The van der Waals surface area contributed by atoms with Crippen LogP contribution in [0.4, 0.5) is 11.5 Å². The molecule has 2 aliphatic heterocycles. The molecule has 1 amide bonds. The zero-order chi connectivity index (χ0) is 22.1. The fourth-order valence-electron chi connectivity index (χ4n) is 5.02. The number of aromatic nitrogens is 1. The smallest absolute Gasteiger partial charge is 0.244 e. The van der Waals surface area contributed by atoms with E-state index in [1.807, 2.05) is 41.4 Å². The maximum Gasteiger partial charge on any atom is 0.244 e. The van der Waals surface area contributed by atoms with Crippen molar-refractivity contribution in [1.29, 1.82) is 0 Å². The summed E-state index contributed by atoms with van der Waals surface area (Å²) in [5, 5.41) is 14.0. The number of carbonyl (C=O) groups excluding carboxylic acids is 1. The first-order valence-electron chi connectivity index (χ1n) is 11.8. The number of hydrogen-bond acceptors (Lipinski definition) is 6. The van der Waals surface area contributed by atoms with Gasteiger partial charge >= 0.3 is 0 Å². The Balaban J connectivity index is 1.30. The lowest BCUT2D eigenvalue weighted by molar-refractivity contribution is -0.121. The number of anilines is 2. The van der Waals surface area contributed by atoms with Crippen LogP contribution in [0.25, 0.3) is 0 Å². The molecule has 2 saturated heterocycles. The summed E-state index contributed by atoms with van der Waals surface area (Å²) in [4.78, 5) is 24.6. The first-order valence-corrected chi connectivity index (χ1v) is 11.8. The van der Waals surface area contributed by atoms with Crippen molar-refractivity contribution >= 4 is 17.4 Å². The SMILES string of the molecule is CN1CCN(c2ncccc2CC2NCCN(c3ccc(C4(O)CCC4)cc3)C2=O)CC1. The second-order valence-corrected chi connectivity index (χ2v) is 9.41. The van der Waals surface area contributed by atoms with Gasteiger partial charge in [-0.1, -0.05) is 18.2 Å². The van der Waals surface area contributed by atoms with Crippen LogP contribution < -0.4 is 15.1 Å². The van der Waals surface area contributed by atoms with Crippen LogP contribution in [0.3, 0.4) is 0 Å². The molecule has 0 spiro atoms. The molecular weight excluding hydrogens is 402 g/mol. The topological polar surface area (TPSA) is 71.9 Å². The molecule has 2 aromatic rings. The Morgan fingerprint density at radius 3 is 2.53 bits per heavy atom. The lowest BCUT2D eigenvalue weighted by atomic mass is 9.75. The van der Waals surface area contributed by atoms with Gasteiger partial charge in [-0.25, -0.2) is 4.98 Å². The van der Waals surface area contributed by atoms with Gasteiger partial charge in [-0.05, 0) is 55.6 Å². The van der Waals surface area contributed by atoms with Gasteiger partial charge in [0, 0.05) is 57.6 Å². The molecule has 3 heterocycles. The van der Waals surface area contributed by atoms with Crippen molar-refractivity contribution in [3.63, 3.8) is 0 Å². The Bertz CT molecular complexity index is 951. The van der Waals surface area contributed by atoms with Crippen molar-refractivity contribution in [3.8, 4) is 0 Å². The van der Waals surface area contributed by atoms with Crippen molar-refractivity contribution in [2.75, 3.05) is 56.1 Å². The predicted octanol–water partition coefficient (Wildman–Crippen LogP) is 1.75. The minimum Gasteiger partial charge on any atom is -0.385 e. The monoisotopic (exact) mass is 435 g/mol. The Kier molecular flexibility index (Phi) is 5.88. The molecule has 7 heteroatoms. The lowest BCUT2D eigenvalue weighted by Gasteiger charge is -2.38. The number of likely N-dealkylation sites (N-methyl/N-ethyl adjacent to an activating group) is 1. The van der Waals surface area contributed by atoms with Crippen LogP contribution in [0.2, 0.25) is 0 Å². The average molecular weight is 436 g/mol. The number of nitrogens with zero attached hydrogens (tertiary/aromatic N) is 4. The predicted molar refractivity (Wildman–Crippen MR) is 126 cm³/mol. The van der Waals surface area contributed by atoms with Gasteiger partial charge in [0.15, 0.2) is 0 Å². The fourth-order valence-corrected chi connectivity index (χ4v) is 5.02. The summed E-state index contributed by atoms with van der Waals surface area (Å²) >= 11 is 0. The van der Waals surface area contributed by atoms with Crippen LogP contribution >= 0.6 is 0 Å². The van der Waals surface area contributed by atoms with E-state index in [4.69, 9.17) is 0 Å². The van der Waals surface area contributed by atoms with E-state index < -0.39 is 5.60 Å². The Hall–Kier alpha value is -2.48. The second-order valence-electron chi connectivity index (χ2n) is 9.41. The third-order valence-electron chi connectivity index (χ3n) is 7.28. The Morgan fingerprint density at radius 1 is 1.09 bits per heavy atom. The number of piperazine rings is 2. The summed E-state index contributed by atoms with van der Waals surface area (Å²) in [5.74, 6) is 1.10. The Morgan fingerprint density at radius 2 is 1.84 bits per heavy atom. The maximum atomic E-state index is 13.4. The molecule has 0 bridgehead atoms. The largest absolute Gasteiger partial charge is 0.385 e. The van der Waals surface area contributed by atoms with Gasteiger partial charge in [0.25, 0.3) is 0 Å². The summed E-state index contributed by atoms with van der Waals surface area (Å²) in [6.45, 7) is 5.36. The number of pyridine rings is 1. The summed E-state index contributed by atoms with van der Waals surface area (Å²) in [7, 11) is 2.15. The normalized spacial score (nSPS) is 23.8. The molecule has 7 nitrogen and oxygen atoms in total. The molecule has 1 aliphatic carbocycles. The van der Waals surface area contributed by atoms with Gasteiger partial charge in [0.05, 0.1) is 11.6 Å². The zero-order valence-corrected chi connectivity index (χ0v) is 18.8. The number of benzene rings is 1. The Labute approximate surface area is 190 Å². The van der Waals surface area contributed by atoms with Crippen LogP contribution in [-0.4, -0.2) is 73.3 Å². The summed E-state index contributed by atoms with van der Waals surface area (Å²) in [5.41, 5.74) is 2.30. The molecule has 5 rings (SSSR count). The fraction of sp³-hybridized carbons (Fsp3) is 0.520. The van der Waals surface area contributed by atoms with Crippen LogP contribution in [0.1, 0.15) is 30.4 Å². The number of rotatable bonds is 5. The van der Waals surface area contributed by atoms with Crippen LogP contribution in [0.5, 0.6) is 0 Å². The average Bonchev–Trinajstić information content (AvgIpc) is 2.80. The third kappa shape index (κ3) is 4.12. The van der Waals surface area contributed by atoms with Gasteiger partial charge in [-0.15, -0.1) is 0 Å². The van der Waals surface area contributed by atoms with Gasteiger partial charge in [0.1, 0.15) is 5.82 Å². The molecule has 1 unspecified atom stereocenters. The molecular formula is C25H33N5O2. The van der Waals surface area contributed by atoms with Gasteiger partial charge in [0.2, 0.25) is 5.91 Å². The van der Waals surface area contributed by atoms with E-state index in [0.29, 0.717) is 13.0 Å². The van der Waals surface area contributed by atoms with Crippen molar-refractivity contribution in [2.45, 2.75) is 37.3 Å². The first kappa shape index (κ1) is 21.4. The van der Waals surface area contributed by atoms with Gasteiger partial charge < -0.3 is 25.1 Å². The summed E-state index contributed by atoms with van der Waals surface area (Å²) in [6.07, 6.45) is 5.18. The van der Waals surface area contributed by atoms with Crippen molar-refractivity contribution < 1.29 is 9.90 Å². The van der Waals surface area contributed by atoms with Crippen LogP contribution in [-0.2, 0) is 16.8 Å². The number of amides is 1. The number of carbonyl (C=O) groups is 1. The summed E-state index contributed by atoms with van der Waals surface area (Å²) < 4.78 is 0. The van der Waals surface area contributed by atoms with Crippen molar-refractivity contribution in [2.24, 2.45) is 0 Å². The van der Waals surface area contributed by atoms with E-state index in [9.17, 15) is 9.90 Å². The standard InChI is InChI=1S/C25H33N5O2/c1-28-14-16-29(17-15-28)23-19(4-2-11-27-23)18-22-24(31)30(13-12-26-22)21-7-5-20(6-8-21)25(32)9-3-10-25/h2,4-8,11,22,26,32H,3,9-10,12-18H2,1H3. The minimum absolute atomic E-state index is 0.0968. The van der Waals surface area contributed by atoms with Crippen LogP contribution in [0.15, 0.2) is 42.6 Å². The molecule has 1 saturated carbocycles. The zero-order valence-electron chi connectivity index (χ0n) is 18.8. The van der Waals surface area contributed by atoms with E-state index in [-0.39, 0.29) is 11.9 Å². The molecule has 1 aromatic carbocycles. The number of aliphatic hydroxyl groups is 1. The molecule has 3 aliphatic rings. The van der Waals surface area contributed by atoms with E-state index in [2.05, 4.69) is 33.2 Å². The van der Waals surface area contributed by atoms with Crippen molar-refractivity contribution in [1.82, 2.24) is 15.2 Å². The summed E-state index contributed by atoms with van der Waals surface area (Å²) in [6, 6.07) is 11.7.